The van der Waals surface area contributed by atoms with Crippen LogP contribution in [0.25, 0.3) is 0 Å². The van der Waals surface area contributed by atoms with Crippen LogP contribution < -0.4 is 4.72 Å². The fourth-order valence-electron chi connectivity index (χ4n) is 2.21. The van der Waals surface area contributed by atoms with E-state index in [4.69, 9.17) is 11.6 Å². The molecule has 0 aromatic heterocycles. The van der Waals surface area contributed by atoms with Crippen molar-refractivity contribution in [3.63, 3.8) is 0 Å². The number of nitrogens with zero attached hydrogens (tertiary/aromatic N) is 1. The van der Waals surface area contributed by atoms with E-state index >= 15 is 0 Å². The summed E-state index contributed by atoms with van der Waals surface area (Å²) in [5.74, 6) is 1.09. The normalized spacial score (nSPS) is 27.2. The van der Waals surface area contributed by atoms with Gasteiger partial charge in [0.25, 0.3) is 0 Å². The van der Waals surface area contributed by atoms with Gasteiger partial charge in [0.15, 0.2) is 0 Å². The molecule has 1 aliphatic heterocycles. The summed E-state index contributed by atoms with van der Waals surface area (Å²) in [6, 6.07) is 0.0900. The fraction of sp³-hybridized carbons (Fsp3) is 1.00. The maximum atomic E-state index is 11.8. The number of likely N-dealkylation sites (tertiary alicyclic amines) is 1. The molecule has 1 saturated heterocycles. The van der Waals surface area contributed by atoms with Gasteiger partial charge in [0, 0.05) is 18.5 Å². The molecular formula is C11H23ClN2O2S. The minimum Gasteiger partial charge on any atom is -0.306 e. The maximum absolute atomic E-state index is 11.8. The van der Waals surface area contributed by atoms with Gasteiger partial charge in [-0.2, -0.15) is 0 Å². The van der Waals surface area contributed by atoms with Gasteiger partial charge in [-0.3, -0.25) is 0 Å². The Kier molecular flexibility index (Phi) is 6.20. The molecule has 1 fully saturated rings. The summed E-state index contributed by atoms with van der Waals surface area (Å²) in [6.07, 6.45) is 2.29. The van der Waals surface area contributed by atoms with E-state index in [9.17, 15) is 8.42 Å². The van der Waals surface area contributed by atoms with Crippen LogP contribution in [-0.4, -0.2) is 51.1 Å². The number of rotatable bonds is 6. The topological polar surface area (TPSA) is 49.4 Å². The standard InChI is InChI=1S/C11H23ClN2O2S/c1-10-9-14(2)7-5-11(10)13-17(15,16)8-4-3-6-12/h10-11,13H,3-9H2,1-2H3. The number of halogens is 1. The van der Waals surface area contributed by atoms with Crippen molar-refractivity contribution in [1.29, 1.82) is 0 Å². The minimum atomic E-state index is -3.13. The van der Waals surface area contributed by atoms with Gasteiger partial charge in [0.1, 0.15) is 0 Å². The molecular weight excluding hydrogens is 260 g/mol. The Morgan fingerprint density at radius 1 is 1.41 bits per heavy atom. The van der Waals surface area contributed by atoms with Gasteiger partial charge >= 0.3 is 0 Å². The van der Waals surface area contributed by atoms with E-state index in [0.29, 0.717) is 18.2 Å². The molecule has 6 heteroatoms. The molecule has 1 aliphatic rings. The van der Waals surface area contributed by atoms with Gasteiger partial charge in [-0.05, 0) is 38.8 Å². The summed E-state index contributed by atoms with van der Waals surface area (Å²) in [6.45, 7) is 4.01. The number of hydrogen-bond acceptors (Lipinski definition) is 3. The number of hydrogen-bond donors (Lipinski definition) is 1. The van der Waals surface area contributed by atoms with Crippen molar-refractivity contribution in [2.24, 2.45) is 5.92 Å². The van der Waals surface area contributed by atoms with Gasteiger partial charge in [0.05, 0.1) is 5.75 Å². The average molecular weight is 283 g/mol. The SMILES string of the molecule is CC1CN(C)CCC1NS(=O)(=O)CCCCCl. The van der Waals surface area contributed by atoms with Gasteiger partial charge < -0.3 is 4.90 Å². The minimum absolute atomic E-state index is 0.0900. The summed E-state index contributed by atoms with van der Waals surface area (Å²) in [4.78, 5) is 2.24. The summed E-state index contributed by atoms with van der Waals surface area (Å²) < 4.78 is 26.5. The lowest BCUT2D eigenvalue weighted by Gasteiger charge is -2.34. The molecule has 2 unspecified atom stereocenters. The van der Waals surface area contributed by atoms with E-state index in [2.05, 4.69) is 23.6 Å². The third-order valence-corrected chi connectivity index (χ3v) is 4.99. The van der Waals surface area contributed by atoms with Crippen LogP contribution in [0.4, 0.5) is 0 Å². The highest BCUT2D eigenvalue weighted by atomic mass is 35.5. The van der Waals surface area contributed by atoms with Gasteiger partial charge in [0.2, 0.25) is 10.0 Å². The van der Waals surface area contributed by atoms with Crippen LogP contribution in [-0.2, 0) is 10.0 Å². The predicted octanol–water partition coefficient (Wildman–Crippen LogP) is 1.26. The van der Waals surface area contributed by atoms with Gasteiger partial charge in [-0.15, -0.1) is 11.6 Å². The molecule has 1 rings (SSSR count). The van der Waals surface area contributed by atoms with Crippen molar-refractivity contribution < 1.29 is 8.42 Å². The molecule has 0 spiro atoms. The second kappa shape index (κ2) is 6.92. The van der Waals surface area contributed by atoms with Crippen molar-refractivity contribution in [2.75, 3.05) is 31.8 Å². The molecule has 0 aromatic carbocycles. The van der Waals surface area contributed by atoms with Gasteiger partial charge in [-0.25, -0.2) is 13.1 Å². The highest BCUT2D eigenvalue weighted by molar-refractivity contribution is 7.89. The molecule has 2 atom stereocenters. The highest BCUT2D eigenvalue weighted by Gasteiger charge is 2.27. The fourth-order valence-corrected chi connectivity index (χ4v) is 3.91. The lowest BCUT2D eigenvalue weighted by Crippen LogP contribution is -2.49. The predicted molar refractivity (Wildman–Crippen MR) is 71.9 cm³/mol. The monoisotopic (exact) mass is 282 g/mol. The number of piperidine rings is 1. The number of unbranched alkanes of at least 4 members (excludes halogenated alkanes) is 1. The Labute approximate surface area is 110 Å². The Bertz CT molecular complexity index is 321. The summed E-state index contributed by atoms with van der Waals surface area (Å²) >= 11 is 5.54. The summed E-state index contributed by atoms with van der Waals surface area (Å²) in [5, 5.41) is 0. The smallest absolute Gasteiger partial charge is 0.211 e. The van der Waals surface area contributed by atoms with Crippen molar-refractivity contribution in [3.8, 4) is 0 Å². The molecule has 0 aromatic rings. The molecule has 0 aliphatic carbocycles. The first kappa shape index (κ1) is 15.2. The van der Waals surface area contributed by atoms with E-state index in [1.54, 1.807) is 0 Å². The van der Waals surface area contributed by atoms with Crippen LogP contribution in [0, 0.1) is 5.92 Å². The lowest BCUT2D eigenvalue weighted by atomic mass is 9.95. The van der Waals surface area contributed by atoms with E-state index in [-0.39, 0.29) is 11.8 Å². The molecule has 1 N–H and O–H groups in total. The Balaban J connectivity index is 2.41. The van der Waals surface area contributed by atoms with Crippen LogP contribution in [0.5, 0.6) is 0 Å². The average Bonchev–Trinajstić information content (AvgIpc) is 2.22. The van der Waals surface area contributed by atoms with Crippen molar-refractivity contribution in [1.82, 2.24) is 9.62 Å². The summed E-state index contributed by atoms with van der Waals surface area (Å²) in [5.41, 5.74) is 0. The third-order valence-electron chi connectivity index (χ3n) is 3.24. The largest absolute Gasteiger partial charge is 0.306 e. The second-order valence-corrected chi connectivity index (χ2v) is 7.22. The van der Waals surface area contributed by atoms with E-state index in [0.717, 1.165) is 25.9 Å². The number of alkyl halides is 1. The molecule has 0 radical (unpaired) electrons. The Morgan fingerprint density at radius 3 is 2.71 bits per heavy atom. The van der Waals surface area contributed by atoms with Crippen LogP contribution in [0.2, 0.25) is 0 Å². The molecule has 102 valence electrons. The Hall–Kier alpha value is 0.160. The molecule has 17 heavy (non-hydrogen) atoms. The van der Waals surface area contributed by atoms with Crippen molar-refractivity contribution >= 4 is 21.6 Å². The number of nitrogens with one attached hydrogen (secondary N) is 1. The first-order chi connectivity index (χ1) is 7.94. The molecule has 0 saturated carbocycles. The van der Waals surface area contributed by atoms with Crippen LogP contribution in [0.3, 0.4) is 0 Å². The van der Waals surface area contributed by atoms with Crippen molar-refractivity contribution in [3.05, 3.63) is 0 Å². The number of sulfonamides is 1. The first-order valence-corrected chi connectivity index (χ1v) is 8.38. The zero-order chi connectivity index (χ0) is 12.9. The van der Waals surface area contributed by atoms with E-state index in [1.807, 2.05) is 0 Å². The van der Waals surface area contributed by atoms with Crippen LogP contribution >= 0.6 is 11.6 Å². The second-order valence-electron chi connectivity index (χ2n) is 4.97. The van der Waals surface area contributed by atoms with Crippen LogP contribution in [0.1, 0.15) is 26.2 Å². The lowest BCUT2D eigenvalue weighted by molar-refractivity contribution is 0.188. The van der Waals surface area contributed by atoms with E-state index < -0.39 is 10.0 Å². The van der Waals surface area contributed by atoms with Gasteiger partial charge in [-0.1, -0.05) is 6.92 Å². The summed E-state index contributed by atoms with van der Waals surface area (Å²) in [7, 11) is -1.06. The molecule has 4 nitrogen and oxygen atoms in total. The van der Waals surface area contributed by atoms with E-state index in [1.165, 1.54) is 0 Å². The zero-order valence-corrected chi connectivity index (χ0v) is 12.2. The quantitative estimate of drug-likeness (QED) is 0.589. The molecule has 0 bridgehead atoms. The molecule has 0 amide bonds. The third kappa shape index (κ3) is 5.55. The first-order valence-electron chi connectivity index (χ1n) is 6.19. The van der Waals surface area contributed by atoms with Crippen molar-refractivity contribution in [2.45, 2.75) is 32.2 Å². The zero-order valence-electron chi connectivity index (χ0n) is 10.7. The Morgan fingerprint density at radius 2 is 2.12 bits per heavy atom. The maximum Gasteiger partial charge on any atom is 0.211 e. The molecule has 1 heterocycles. The van der Waals surface area contributed by atoms with Crippen LogP contribution in [0.15, 0.2) is 0 Å². The highest BCUT2D eigenvalue weighted by Crippen LogP contribution is 2.16.